The molecule has 0 radical (unpaired) electrons. The van der Waals surface area contributed by atoms with Crippen molar-refractivity contribution in [3.8, 4) is 0 Å². The number of hydrogen-bond acceptors (Lipinski definition) is 6. The van der Waals surface area contributed by atoms with E-state index >= 15 is 0 Å². The minimum Gasteiger partial charge on any atom is -0.459 e. The van der Waals surface area contributed by atoms with Crippen LogP contribution in [0, 0.1) is 0 Å². The Bertz CT molecular complexity index is 746. The Labute approximate surface area is 172 Å². The fourth-order valence-electron chi connectivity index (χ4n) is 3.86. The molecule has 0 aromatic heterocycles. The molecule has 0 bridgehead atoms. The van der Waals surface area contributed by atoms with E-state index in [1.54, 1.807) is 0 Å². The molecule has 1 unspecified atom stereocenters. The predicted octanol–water partition coefficient (Wildman–Crippen LogP) is 2.42. The van der Waals surface area contributed by atoms with Crippen LogP contribution in [0.2, 0.25) is 0 Å². The second-order valence-electron chi connectivity index (χ2n) is 8.91. The van der Waals surface area contributed by atoms with Crippen molar-refractivity contribution in [2.75, 3.05) is 25.0 Å². The fourth-order valence-corrected chi connectivity index (χ4v) is 3.86. The quantitative estimate of drug-likeness (QED) is 0.582. The van der Waals surface area contributed by atoms with Gasteiger partial charge in [-0.15, -0.1) is 0 Å². The van der Waals surface area contributed by atoms with Crippen LogP contribution in [0.25, 0.3) is 0 Å². The van der Waals surface area contributed by atoms with Crippen LogP contribution in [0.3, 0.4) is 0 Å². The van der Waals surface area contributed by atoms with Gasteiger partial charge in [-0.3, -0.25) is 24.6 Å². The van der Waals surface area contributed by atoms with E-state index in [-0.39, 0.29) is 23.8 Å². The summed E-state index contributed by atoms with van der Waals surface area (Å²) in [7, 11) is 0. The van der Waals surface area contributed by atoms with Crippen molar-refractivity contribution in [3.05, 3.63) is 29.8 Å². The molecule has 2 saturated heterocycles. The summed E-state index contributed by atoms with van der Waals surface area (Å²) in [4.78, 5) is 37.3. The van der Waals surface area contributed by atoms with Crippen molar-refractivity contribution in [3.63, 3.8) is 0 Å². The number of piperidine rings is 2. The molecule has 2 aliphatic heterocycles. The average molecular weight is 402 g/mol. The van der Waals surface area contributed by atoms with Crippen LogP contribution in [0.15, 0.2) is 24.3 Å². The van der Waals surface area contributed by atoms with Gasteiger partial charge in [0.2, 0.25) is 11.8 Å². The topological polar surface area (TPSA) is 87.7 Å². The summed E-state index contributed by atoms with van der Waals surface area (Å²) in [6, 6.07) is 7.82. The van der Waals surface area contributed by atoms with Crippen LogP contribution >= 0.6 is 0 Å². The number of carbonyl (C=O) groups is 3. The van der Waals surface area contributed by atoms with Gasteiger partial charge in [0.05, 0.1) is 6.54 Å². The van der Waals surface area contributed by atoms with Crippen molar-refractivity contribution in [2.24, 2.45) is 0 Å². The van der Waals surface area contributed by atoms with Crippen molar-refractivity contribution >= 4 is 23.5 Å². The Balaban J connectivity index is 1.47. The maximum Gasteiger partial charge on any atom is 0.320 e. The van der Waals surface area contributed by atoms with Crippen LogP contribution in [0.4, 0.5) is 5.69 Å². The van der Waals surface area contributed by atoms with Crippen molar-refractivity contribution in [1.29, 1.82) is 0 Å². The van der Waals surface area contributed by atoms with Crippen LogP contribution in [-0.4, -0.2) is 54.0 Å². The van der Waals surface area contributed by atoms with Gasteiger partial charge < -0.3 is 10.1 Å². The highest BCUT2D eigenvalue weighted by Crippen LogP contribution is 2.29. The number of likely N-dealkylation sites (tertiary alicyclic amines) is 1. The zero-order valence-electron chi connectivity index (χ0n) is 17.5. The largest absolute Gasteiger partial charge is 0.459 e. The Hall–Kier alpha value is -2.41. The third-order valence-corrected chi connectivity index (χ3v) is 5.32. The molecule has 3 rings (SSSR count). The highest BCUT2D eigenvalue weighted by molar-refractivity contribution is 6.01. The molecule has 0 spiro atoms. The maximum atomic E-state index is 12.0. The molecular formula is C22H31N3O4. The summed E-state index contributed by atoms with van der Waals surface area (Å²) in [6.45, 7) is 7.75. The van der Waals surface area contributed by atoms with Crippen molar-refractivity contribution in [2.45, 2.75) is 64.0 Å². The van der Waals surface area contributed by atoms with Gasteiger partial charge in [0.1, 0.15) is 11.6 Å². The molecule has 7 heteroatoms. The zero-order valence-corrected chi connectivity index (χ0v) is 17.5. The first-order chi connectivity index (χ1) is 13.7. The number of rotatable bonds is 5. The van der Waals surface area contributed by atoms with Crippen LogP contribution in [0.1, 0.15) is 57.9 Å². The molecule has 2 heterocycles. The summed E-state index contributed by atoms with van der Waals surface area (Å²) in [5.74, 6) is -0.168. The normalized spacial score (nSPS) is 21.6. The summed E-state index contributed by atoms with van der Waals surface area (Å²) in [6.07, 6.45) is 2.89. The number of amides is 2. The third-order valence-electron chi connectivity index (χ3n) is 5.32. The van der Waals surface area contributed by atoms with Crippen LogP contribution < -0.4 is 10.6 Å². The van der Waals surface area contributed by atoms with E-state index in [2.05, 4.69) is 27.7 Å². The van der Waals surface area contributed by atoms with Crippen LogP contribution in [-0.2, 0) is 19.1 Å². The number of esters is 1. The molecule has 2 amide bonds. The molecule has 1 aromatic rings. The lowest BCUT2D eigenvalue weighted by atomic mass is 9.89. The third kappa shape index (κ3) is 6.29. The molecule has 7 nitrogen and oxygen atoms in total. The van der Waals surface area contributed by atoms with Gasteiger partial charge in [-0.1, -0.05) is 12.1 Å². The second kappa shape index (κ2) is 8.95. The molecule has 0 saturated carbocycles. The van der Waals surface area contributed by atoms with E-state index in [4.69, 9.17) is 4.74 Å². The molecule has 0 aliphatic carbocycles. The van der Waals surface area contributed by atoms with Gasteiger partial charge in [0.15, 0.2) is 0 Å². The maximum absolute atomic E-state index is 12.0. The van der Waals surface area contributed by atoms with E-state index in [0.29, 0.717) is 25.3 Å². The SMILES string of the molecule is CC(C)(C)OC(=O)CN1CCC(c2ccc(NC3CCC(=O)NC3=O)cc2)CC1. The number of ether oxygens (including phenoxy) is 1. The zero-order chi connectivity index (χ0) is 21.0. The van der Waals surface area contributed by atoms with Gasteiger partial charge in [0, 0.05) is 12.1 Å². The summed E-state index contributed by atoms with van der Waals surface area (Å²) < 4.78 is 5.41. The number of imide groups is 1. The number of benzene rings is 1. The lowest BCUT2D eigenvalue weighted by molar-refractivity contribution is -0.156. The van der Waals surface area contributed by atoms with E-state index in [1.165, 1.54) is 5.56 Å². The Morgan fingerprint density at radius 1 is 1.14 bits per heavy atom. The summed E-state index contributed by atoms with van der Waals surface area (Å²) in [5.41, 5.74) is 1.71. The molecule has 2 N–H and O–H groups in total. The molecule has 158 valence electrons. The Morgan fingerprint density at radius 3 is 2.38 bits per heavy atom. The van der Waals surface area contributed by atoms with E-state index < -0.39 is 5.60 Å². The summed E-state index contributed by atoms with van der Waals surface area (Å²) >= 11 is 0. The summed E-state index contributed by atoms with van der Waals surface area (Å²) in [5, 5.41) is 5.57. The predicted molar refractivity (Wildman–Crippen MR) is 110 cm³/mol. The first-order valence-corrected chi connectivity index (χ1v) is 10.3. The molecule has 29 heavy (non-hydrogen) atoms. The molecule has 2 aliphatic rings. The lowest BCUT2D eigenvalue weighted by Crippen LogP contribution is -2.47. The standard InChI is InChI=1S/C22H31N3O4/c1-22(2,3)29-20(27)14-25-12-10-16(11-13-25)15-4-6-17(7-5-15)23-18-8-9-19(26)24-21(18)28/h4-7,16,18,23H,8-14H2,1-3H3,(H,24,26,28). The molecular weight excluding hydrogens is 370 g/mol. The monoisotopic (exact) mass is 401 g/mol. The lowest BCUT2D eigenvalue weighted by Gasteiger charge is -2.32. The molecule has 2 fully saturated rings. The number of carbonyl (C=O) groups excluding carboxylic acids is 3. The minimum atomic E-state index is -0.445. The van der Waals surface area contributed by atoms with E-state index in [9.17, 15) is 14.4 Å². The minimum absolute atomic E-state index is 0.167. The van der Waals surface area contributed by atoms with E-state index in [1.807, 2.05) is 32.9 Å². The van der Waals surface area contributed by atoms with Gasteiger partial charge in [-0.2, -0.15) is 0 Å². The fraction of sp³-hybridized carbons (Fsp3) is 0.591. The van der Waals surface area contributed by atoms with Gasteiger partial charge >= 0.3 is 5.97 Å². The van der Waals surface area contributed by atoms with Crippen molar-refractivity contribution in [1.82, 2.24) is 10.2 Å². The Morgan fingerprint density at radius 2 is 1.79 bits per heavy atom. The highest BCUT2D eigenvalue weighted by atomic mass is 16.6. The molecule has 1 aromatic carbocycles. The first kappa shape index (κ1) is 21.3. The van der Waals surface area contributed by atoms with E-state index in [0.717, 1.165) is 31.6 Å². The van der Waals surface area contributed by atoms with Gasteiger partial charge in [-0.25, -0.2) is 0 Å². The van der Waals surface area contributed by atoms with Crippen LogP contribution in [0.5, 0.6) is 0 Å². The number of nitrogens with one attached hydrogen (secondary N) is 2. The second-order valence-corrected chi connectivity index (χ2v) is 8.91. The number of anilines is 1. The number of nitrogens with zero attached hydrogens (tertiary/aromatic N) is 1. The first-order valence-electron chi connectivity index (χ1n) is 10.3. The average Bonchev–Trinajstić information content (AvgIpc) is 2.64. The van der Waals surface area contributed by atoms with Gasteiger partial charge in [0.25, 0.3) is 0 Å². The number of hydrogen-bond donors (Lipinski definition) is 2. The Kier molecular flexibility index (Phi) is 6.57. The smallest absolute Gasteiger partial charge is 0.320 e. The van der Waals surface area contributed by atoms with Gasteiger partial charge in [-0.05, 0) is 76.7 Å². The molecule has 1 atom stereocenters. The highest BCUT2D eigenvalue weighted by Gasteiger charge is 2.27. The van der Waals surface area contributed by atoms with Crippen molar-refractivity contribution < 1.29 is 19.1 Å².